The largest absolute Gasteiger partial charge is 0.458 e. The lowest BCUT2D eigenvalue weighted by Gasteiger charge is -2.44. The van der Waals surface area contributed by atoms with E-state index in [1.165, 1.54) is 7.11 Å². The standard InChI is InChI=1S/C32H44O11/c1-7-23(40-20-41-27-24(8-2)43-32(38-6)29(37-5)28(27)36-4)26(35-3)25(42-31(34)22-17-13-10-14-18-22)19-39-30(33)21-15-11-9-12-16-21/h9-18,23-29,32H,7-8,19-20H2,1-6H3/t23?,24?,25-,26-,27?,28?,29?,32+/m1/s1. The minimum atomic E-state index is -0.983. The lowest BCUT2D eigenvalue weighted by atomic mass is 9.96. The van der Waals surface area contributed by atoms with Crippen molar-refractivity contribution < 1.29 is 52.2 Å². The van der Waals surface area contributed by atoms with Crippen LogP contribution in [-0.4, -0.2) is 103 Å². The van der Waals surface area contributed by atoms with E-state index in [-0.39, 0.29) is 19.5 Å². The number of methoxy groups -OCH3 is 4. The molecule has 0 amide bonds. The maximum absolute atomic E-state index is 13.0. The molecule has 0 aromatic heterocycles. The summed E-state index contributed by atoms with van der Waals surface area (Å²) in [6.45, 7) is 3.50. The van der Waals surface area contributed by atoms with Gasteiger partial charge in [0.2, 0.25) is 0 Å². The van der Waals surface area contributed by atoms with Crippen molar-refractivity contribution in [3.05, 3.63) is 71.8 Å². The molecule has 11 heteroatoms. The van der Waals surface area contributed by atoms with Crippen molar-refractivity contribution in [1.29, 1.82) is 0 Å². The Morgan fingerprint density at radius 2 is 1.37 bits per heavy atom. The van der Waals surface area contributed by atoms with Crippen LogP contribution in [0.15, 0.2) is 60.7 Å². The zero-order valence-electron chi connectivity index (χ0n) is 25.7. The Hall–Kier alpha value is -2.90. The minimum Gasteiger partial charge on any atom is -0.458 e. The molecule has 0 spiro atoms. The molecule has 8 atom stereocenters. The Morgan fingerprint density at radius 3 is 1.88 bits per heavy atom. The number of carbonyl (C=O) groups is 2. The van der Waals surface area contributed by atoms with Crippen LogP contribution in [-0.2, 0) is 42.6 Å². The van der Waals surface area contributed by atoms with E-state index in [1.807, 2.05) is 13.8 Å². The maximum Gasteiger partial charge on any atom is 0.338 e. The van der Waals surface area contributed by atoms with Crippen LogP contribution in [0.4, 0.5) is 0 Å². The van der Waals surface area contributed by atoms with Crippen molar-refractivity contribution in [3.8, 4) is 0 Å². The number of carbonyl (C=O) groups excluding carboxylic acids is 2. The zero-order valence-corrected chi connectivity index (χ0v) is 25.7. The summed E-state index contributed by atoms with van der Waals surface area (Å²) in [5.74, 6) is -1.13. The van der Waals surface area contributed by atoms with E-state index >= 15 is 0 Å². The number of rotatable bonds is 17. The maximum atomic E-state index is 13.0. The van der Waals surface area contributed by atoms with Crippen molar-refractivity contribution in [2.75, 3.05) is 41.8 Å². The molecule has 2 aromatic rings. The third-order valence-electron chi connectivity index (χ3n) is 7.38. The van der Waals surface area contributed by atoms with Gasteiger partial charge in [-0.25, -0.2) is 9.59 Å². The van der Waals surface area contributed by atoms with Crippen LogP contribution in [0.25, 0.3) is 0 Å². The molecule has 2 aromatic carbocycles. The van der Waals surface area contributed by atoms with Crippen molar-refractivity contribution in [3.63, 3.8) is 0 Å². The summed E-state index contributed by atoms with van der Waals surface area (Å²) in [6.07, 6.45) is -3.70. The molecule has 1 heterocycles. The molecule has 5 unspecified atom stereocenters. The van der Waals surface area contributed by atoms with Gasteiger partial charge in [-0.15, -0.1) is 0 Å². The first kappa shape index (κ1) is 34.6. The van der Waals surface area contributed by atoms with Crippen molar-refractivity contribution in [2.24, 2.45) is 0 Å². The molecule has 0 N–H and O–H groups in total. The molecule has 0 saturated carbocycles. The van der Waals surface area contributed by atoms with Gasteiger partial charge in [0.1, 0.15) is 37.8 Å². The molecule has 0 aliphatic carbocycles. The molecule has 1 saturated heterocycles. The van der Waals surface area contributed by atoms with Crippen molar-refractivity contribution >= 4 is 11.9 Å². The van der Waals surface area contributed by atoms with Crippen LogP contribution in [0.2, 0.25) is 0 Å². The summed E-state index contributed by atoms with van der Waals surface area (Å²) in [5, 5.41) is 0. The van der Waals surface area contributed by atoms with Gasteiger partial charge in [-0.2, -0.15) is 0 Å². The molecule has 238 valence electrons. The SMILES string of the molecule is CCC1O[C@H](OC)C(OC)C(OC)C1OCOC(CC)[C@@H](OC)[C@@H](COC(=O)c1ccccc1)OC(=O)c1ccccc1. The molecule has 1 fully saturated rings. The van der Waals surface area contributed by atoms with E-state index < -0.39 is 54.9 Å². The second-order valence-electron chi connectivity index (χ2n) is 9.92. The Balaban J connectivity index is 1.73. The van der Waals surface area contributed by atoms with Gasteiger partial charge in [0.25, 0.3) is 0 Å². The summed E-state index contributed by atoms with van der Waals surface area (Å²) in [7, 11) is 6.17. The zero-order chi connectivity index (χ0) is 31.2. The topological polar surface area (TPSA) is 117 Å². The van der Waals surface area contributed by atoms with Crippen LogP contribution >= 0.6 is 0 Å². The van der Waals surface area contributed by atoms with Gasteiger partial charge in [-0.3, -0.25) is 0 Å². The third kappa shape index (κ3) is 9.29. The fraction of sp³-hybridized carbons (Fsp3) is 0.562. The second-order valence-corrected chi connectivity index (χ2v) is 9.92. The Morgan fingerprint density at radius 1 is 0.767 bits per heavy atom. The summed E-state index contributed by atoms with van der Waals surface area (Å²) >= 11 is 0. The molecule has 0 bridgehead atoms. The number of hydrogen-bond acceptors (Lipinski definition) is 11. The van der Waals surface area contributed by atoms with Crippen LogP contribution in [0.1, 0.15) is 47.4 Å². The average Bonchev–Trinajstić information content (AvgIpc) is 3.06. The second kappa shape index (κ2) is 18.0. The van der Waals surface area contributed by atoms with Gasteiger partial charge >= 0.3 is 11.9 Å². The molecular formula is C32H44O11. The normalized spacial score (nSPS) is 24.1. The van der Waals surface area contributed by atoms with Crippen LogP contribution in [0.3, 0.4) is 0 Å². The highest BCUT2D eigenvalue weighted by Crippen LogP contribution is 2.29. The Labute approximate surface area is 253 Å². The molecule has 43 heavy (non-hydrogen) atoms. The highest BCUT2D eigenvalue weighted by molar-refractivity contribution is 5.90. The number of ether oxygens (including phenoxy) is 9. The van der Waals surface area contributed by atoms with E-state index in [0.717, 1.165) is 0 Å². The minimum absolute atomic E-state index is 0.139. The Bertz CT molecular complexity index is 1080. The number of benzene rings is 2. The Kier molecular flexibility index (Phi) is 14.5. The quantitative estimate of drug-likeness (QED) is 0.192. The molecule has 3 rings (SSSR count). The first-order valence-electron chi connectivity index (χ1n) is 14.4. The molecule has 1 aliphatic rings. The van der Waals surface area contributed by atoms with Gasteiger partial charge in [-0.1, -0.05) is 50.2 Å². The highest BCUT2D eigenvalue weighted by Gasteiger charge is 2.47. The first-order valence-corrected chi connectivity index (χ1v) is 14.4. The fourth-order valence-electron chi connectivity index (χ4n) is 5.10. The first-order chi connectivity index (χ1) is 20.9. The lowest BCUT2D eigenvalue weighted by Crippen LogP contribution is -2.60. The molecule has 0 radical (unpaired) electrons. The summed E-state index contributed by atoms with van der Waals surface area (Å²) < 4.78 is 52.4. The van der Waals surface area contributed by atoms with Gasteiger partial charge in [0.15, 0.2) is 12.4 Å². The number of hydrogen-bond donors (Lipinski definition) is 0. The van der Waals surface area contributed by atoms with E-state index in [4.69, 9.17) is 42.6 Å². The third-order valence-corrected chi connectivity index (χ3v) is 7.38. The van der Waals surface area contributed by atoms with Gasteiger partial charge in [-0.05, 0) is 37.1 Å². The van der Waals surface area contributed by atoms with E-state index in [1.54, 1.807) is 82.0 Å². The van der Waals surface area contributed by atoms with E-state index in [9.17, 15) is 9.59 Å². The number of esters is 2. The summed E-state index contributed by atoms with van der Waals surface area (Å²) in [4.78, 5) is 25.8. The van der Waals surface area contributed by atoms with Crippen LogP contribution < -0.4 is 0 Å². The monoisotopic (exact) mass is 604 g/mol. The van der Waals surface area contributed by atoms with E-state index in [0.29, 0.717) is 24.0 Å². The fourth-order valence-corrected chi connectivity index (χ4v) is 5.10. The van der Waals surface area contributed by atoms with Crippen LogP contribution in [0.5, 0.6) is 0 Å². The predicted octanol–water partition coefficient (Wildman–Crippen LogP) is 4.03. The van der Waals surface area contributed by atoms with E-state index in [2.05, 4.69) is 0 Å². The molecular weight excluding hydrogens is 560 g/mol. The predicted molar refractivity (Wildman–Crippen MR) is 156 cm³/mol. The van der Waals surface area contributed by atoms with Crippen molar-refractivity contribution in [1.82, 2.24) is 0 Å². The highest BCUT2D eigenvalue weighted by atomic mass is 16.7. The summed E-state index contributed by atoms with van der Waals surface area (Å²) in [6, 6.07) is 17.1. The smallest absolute Gasteiger partial charge is 0.338 e. The van der Waals surface area contributed by atoms with Gasteiger partial charge in [0.05, 0.1) is 23.3 Å². The molecule has 11 nitrogen and oxygen atoms in total. The molecule has 1 aliphatic heterocycles. The lowest BCUT2D eigenvalue weighted by molar-refractivity contribution is -0.316. The van der Waals surface area contributed by atoms with Crippen LogP contribution in [0, 0.1) is 0 Å². The van der Waals surface area contributed by atoms with Gasteiger partial charge < -0.3 is 42.6 Å². The van der Waals surface area contributed by atoms with Gasteiger partial charge in [0, 0.05) is 28.4 Å². The average molecular weight is 605 g/mol. The summed E-state index contributed by atoms with van der Waals surface area (Å²) in [5.41, 5.74) is 0.726. The van der Waals surface area contributed by atoms with Crippen molar-refractivity contribution in [2.45, 2.75) is 75.7 Å².